The number of Topliss-reactive ketones (excluding diaryl/α,β-unsaturated/α-hetero) is 1. The molecule has 0 amide bonds. The summed E-state index contributed by atoms with van der Waals surface area (Å²) in [6.07, 6.45) is 0. The first kappa shape index (κ1) is 12.7. The minimum Gasteiger partial charge on any atom is -0.305 e. The fourth-order valence-corrected chi connectivity index (χ4v) is 1.85. The van der Waals surface area contributed by atoms with Gasteiger partial charge in [-0.15, -0.1) is 0 Å². The lowest BCUT2D eigenvalue weighted by atomic mass is 10.1. The average molecular weight is 291 g/mol. The Labute approximate surface area is 103 Å². The van der Waals surface area contributed by atoms with E-state index in [2.05, 4.69) is 15.9 Å². The second-order valence-corrected chi connectivity index (χ2v) is 4.58. The molecule has 0 aliphatic rings. The Morgan fingerprint density at radius 2 is 2.13 bits per heavy atom. The van der Waals surface area contributed by atoms with Crippen LogP contribution in [-0.2, 0) is 6.54 Å². The van der Waals surface area contributed by atoms with E-state index >= 15 is 0 Å². The van der Waals surface area contributed by atoms with Crippen LogP contribution in [0.2, 0.25) is 5.02 Å². The molecule has 1 aromatic rings. The van der Waals surface area contributed by atoms with Crippen LogP contribution in [-0.4, -0.2) is 30.1 Å². The van der Waals surface area contributed by atoms with Gasteiger partial charge in [0, 0.05) is 12.1 Å². The Balaban J connectivity index is 3.00. The highest BCUT2D eigenvalue weighted by Crippen LogP contribution is 2.19. The van der Waals surface area contributed by atoms with Crippen molar-refractivity contribution in [2.24, 2.45) is 0 Å². The molecule has 2 nitrogen and oxygen atoms in total. The van der Waals surface area contributed by atoms with Crippen LogP contribution in [0.25, 0.3) is 0 Å². The van der Waals surface area contributed by atoms with Crippen molar-refractivity contribution in [3.8, 4) is 0 Å². The van der Waals surface area contributed by atoms with E-state index in [1.807, 2.05) is 31.1 Å². The number of hydrogen-bond acceptors (Lipinski definition) is 2. The molecule has 0 atom stereocenters. The molecule has 82 valence electrons. The molecule has 0 bridgehead atoms. The largest absolute Gasteiger partial charge is 0.305 e. The standard InChI is InChI=1S/C11H13BrClNO/c1-14(2)7-8-3-4-10(13)9(5-8)11(15)6-12/h3-5H,6-7H2,1-2H3. The molecule has 0 radical (unpaired) electrons. The molecule has 15 heavy (non-hydrogen) atoms. The van der Waals surface area contributed by atoms with Crippen molar-refractivity contribution in [1.29, 1.82) is 0 Å². The van der Waals surface area contributed by atoms with E-state index in [-0.39, 0.29) is 5.78 Å². The van der Waals surface area contributed by atoms with E-state index < -0.39 is 0 Å². The number of rotatable bonds is 4. The van der Waals surface area contributed by atoms with Crippen molar-refractivity contribution in [3.05, 3.63) is 34.3 Å². The molecule has 0 saturated carbocycles. The Bertz CT molecular complexity index is 366. The Morgan fingerprint density at radius 1 is 1.47 bits per heavy atom. The maximum atomic E-state index is 11.5. The highest BCUT2D eigenvalue weighted by atomic mass is 79.9. The molecule has 0 saturated heterocycles. The van der Waals surface area contributed by atoms with Gasteiger partial charge in [0.1, 0.15) is 0 Å². The minimum atomic E-state index is 0.0145. The van der Waals surface area contributed by atoms with Crippen LogP contribution >= 0.6 is 27.5 Å². The fourth-order valence-electron chi connectivity index (χ4n) is 1.32. The van der Waals surface area contributed by atoms with Gasteiger partial charge in [-0.2, -0.15) is 0 Å². The van der Waals surface area contributed by atoms with Crippen LogP contribution < -0.4 is 0 Å². The van der Waals surface area contributed by atoms with E-state index in [9.17, 15) is 4.79 Å². The predicted octanol–water partition coefficient (Wildman–Crippen LogP) is 2.98. The van der Waals surface area contributed by atoms with Gasteiger partial charge >= 0.3 is 0 Å². The maximum Gasteiger partial charge on any atom is 0.174 e. The van der Waals surface area contributed by atoms with Gasteiger partial charge in [-0.25, -0.2) is 0 Å². The van der Waals surface area contributed by atoms with Gasteiger partial charge in [-0.3, -0.25) is 4.79 Å². The first-order chi connectivity index (χ1) is 7.04. The molecule has 0 fully saturated rings. The van der Waals surface area contributed by atoms with Crippen LogP contribution in [0.15, 0.2) is 18.2 Å². The summed E-state index contributed by atoms with van der Waals surface area (Å²) in [5.41, 5.74) is 1.68. The molecule has 0 heterocycles. The first-order valence-corrected chi connectivity index (χ1v) is 6.07. The minimum absolute atomic E-state index is 0.0145. The van der Waals surface area contributed by atoms with E-state index in [0.717, 1.165) is 12.1 Å². The Kier molecular flexibility index (Phi) is 4.77. The van der Waals surface area contributed by atoms with Crippen molar-refractivity contribution in [1.82, 2.24) is 4.90 Å². The molecular formula is C11H13BrClNO. The number of nitrogens with zero attached hydrogens (tertiary/aromatic N) is 1. The lowest BCUT2D eigenvalue weighted by Crippen LogP contribution is -2.11. The van der Waals surface area contributed by atoms with E-state index in [4.69, 9.17) is 11.6 Å². The summed E-state index contributed by atoms with van der Waals surface area (Å²) in [6, 6.07) is 5.57. The zero-order chi connectivity index (χ0) is 11.4. The van der Waals surface area contributed by atoms with E-state index in [1.54, 1.807) is 6.07 Å². The van der Waals surface area contributed by atoms with Gasteiger partial charge in [0.15, 0.2) is 5.78 Å². The van der Waals surface area contributed by atoms with Crippen LogP contribution in [0.1, 0.15) is 15.9 Å². The second-order valence-electron chi connectivity index (χ2n) is 3.61. The highest BCUT2D eigenvalue weighted by molar-refractivity contribution is 9.09. The lowest BCUT2D eigenvalue weighted by Gasteiger charge is -2.11. The third-order valence-electron chi connectivity index (χ3n) is 1.95. The zero-order valence-electron chi connectivity index (χ0n) is 8.76. The van der Waals surface area contributed by atoms with Gasteiger partial charge < -0.3 is 4.90 Å². The SMILES string of the molecule is CN(C)Cc1ccc(Cl)c(C(=O)CBr)c1. The molecule has 0 aliphatic carbocycles. The smallest absolute Gasteiger partial charge is 0.174 e. The lowest BCUT2D eigenvalue weighted by molar-refractivity contribution is 0.102. The number of carbonyl (C=O) groups is 1. The molecule has 1 aromatic carbocycles. The maximum absolute atomic E-state index is 11.5. The quantitative estimate of drug-likeness (QED) is 0.628. The van der Waals surface area contributed by atoms with Gasteiger partial charge in [-0.05, 0) is 31.8 Å². The van der Waals surface area contributed by atoms with Crippen molar-refractivity contribution < 1.29 is 4.79 Å². The average Bonchev–Trinajstić information content (AvgIpc) is 2.19. The predicted molar refractivity (Wildman–Crippen MR) is 67.0 cm³/mol. The number of alkyl halides is 1. The van der Waals surface area contributed by atoms with Crippen molar-refractivity contribution in [3.63, 3.8) is 0 Å². The third kappa shape index (κ3) is 3.59. The molecular weight excluding hydrogens is 277 g/mol. The summed E-state index contributed by atoms with van der Waals surface area (Å²) in [6.45, 7) is 0.805. The van der Waals surface area contributed by atoms with Crippen molar-refractivity contribution in [2.75, 3.05) is 19.4 Å². The summed E-state index contributed by atoms with van der Waals surface area (Å²) in [4.78, 5) is 13.6. The van der Waals surface area contributed by atoms with Crippen LogP contribution in [0.4, 0.5) is 0 Å². The van der Waals surface area contributed by atoms with Gasteiger partial charge in [0.25, 0.3) is 0 Å². The van der Waals surface area contributed by atoms with E-state index in [1.165, 1.54) is 0 Å². The topological polar surface area (TPSA) is 20.3 Å². The molecule has 0 aromatic heterocycles. The normalized spacial score (nSPS) is 10.7. The Hall–Kier alpha value is -0.380. The molecule has 0 spiro atoms. The second kappa shape index (κ2) is 5.64. The van der Waals surface area contributed by atoms with Crippen LogP contribution in [0, 0.1) is 0 Å². The number of halogens is 2. The summed E-state index contributed by atoms with van der Waals surface area (Å²) in [5, 5.41) is 0.819. The number of benzene rings is 1. The van der Waals surface area contributed by atoms with Crippen LogP contribution in [0.3, 0.4) is 0 Å². The number of ketones is 1. The fraction of sp³-hybridized carbons (Fsp3) is 0.364. The third-order valence-corrected chi connectivity index (χ3v) is 2.79. The van der Waals surface area contributed by atoms with Crippen molar-refractivity contribution in [2.45, 2.75) is 6.54 Å². The molecule has 1 rings (SSSR count). The molecule has 0 unspecified atom stereocenters. The van der Waals surface area contributed by atoms with Crippen molar-refractivity contribution >= 4 is 33.3 Å². The number of carbonyl (C=O) groups excluding carboxylic acids is 1. The van der Waals surface area contributed by atoms with Gasteiger partial charge in [0.05, 0.1) is 10.4 Å². The van der Waals surface area contributed by atoms with E-state index in [0.29, 0.717) is 15.9 Å². The summed E-state index contributed by atoms with van der Waals surface area (Å²) in [7, 11) is 3.97. The summed E-state index contributed by atoms with van der Waals surface area (Å²) >= 11 is 9.09. The molecule has 0 N–H and O–H groups in total. The highest BCUT2D eigenvalue weighted by Gasteiger charge is 2.09. The van der Waals surface area contributed by atoms with Gasteiger partial charge in [-0.1, -0.05) is 33.6 Å². The first-order valence-electron chi connectivity index (χ1n) is 4.57. The summed E-state index contributed by atoms with van der Waals surface area (Å²) in [5.74, 6) is 0.0145. The number of hydrogen-bond donors (Lipinski definition) is 0. The summed E-state index contributed by atoms with van der Waals surface area (Å²) < 4.78 is 0. The monoisotopic (exact) mass is 289 g/mol. The zero-order valence-corrected chi connectivity index (χ0v) is 11.1. The Morgan fingerprint density at radius 3 is 2.67 bits per heavy atom. The van der Waals surface area contributed by atoms with Crippen LogP contribution in [0.5, 0.6) is 0 Å². The molecule has 0 aliphatic heterocycles. The van der Waals surface area contributed by atoms with Gasteiger partial charge in [0.2, 0.25) is 0 Å². The molecule has 4 heteroatoms.